The molecular weight excluding hydrogens is 188 g/mol. The van der Waals surface area contributed by atoms with Gasteiger partial charge >= 0.3 is 5.97 Å². The number of ether oxygens (including phenoxy) is 1. The predicted octanol–water partition coefficient (Wildman–Crippen LogP) is -1.84. The van der Waals surface area contributed by atoms with Crippen molar-refractivity contribution in [2.45, 2.75) is 25.5 Å². The lowest BCUT2D eigenvalue weighted by Gasteiger charge is -2.23. The van der Waals surface area contributed by atoms with E-state index in [0.29, 0.717) is 0 Å². The zero-order chi connectivity index (χ0) is 11.4. The minimum atomic E-state index is -2.32. The van der Waals surface area contributed by atoms with Crippen molar-refractivity contribution in [1.29, 1.82) is 0 Å². The van der Waals surface area contributed by atoms with Crippen LogP contribution in [0.5, 0.6) is 0 Å². The Balaban J connectivity index is 4.79. The summed E-state index contributed by atoms with van der Waals surface area (Å²) < 4.78 is 4.52. The first-order chi connectivity index (χ1) is 6.40. The molecule has 82 valence electrons. The van der Waals surface area contributed by atoms with Crippen molar-refractivity contribution < 1.29 is 19.4 Å². The lowest BCUT2D eigenvalue weighted by Crippen LogP contribution is -2.58. The SMILES string of the molecule is CCOC(=O)C(O)(CN)C(=O)C(C)N. The Morgan fingerprint density at radius 2 is 2.07 bits per heavy atom. The maximum absolute atomic E-state index is 11.4. The molecule has 0 amide bonds. The Morgan fingerprint density at radius 3 is 2.36 bits per heavy atom. The van der Waals surface area contributed by atoms with Crippen molar-refractivity contribution in [3.05, 3.63) is 0 Å². The van der Waals surface area contributed by atoms with Gasteiger partial charge in [-0.1, -0.05) is 0 Å². The molecule has 6 heteroatoms. The Hall–Kier alpha value is -0.980. The molecule has 0 fully saturated rings. The fraction of sp³-hybridized carbons (Fsp3) is 0.750. The van der Waals surface area contributed by atoms with E-state index in [0.717, 1.165) is 0 Å². The summed E-state index contributed by atoms with van der Waals surface area (Å²) in [4.78, 5) is 22.6. The van der Waals surface area contributed by atoms with Crippen molar-refractivity contribution in [2.75, 3.05) is 13.2 Å². The second-order valence-corrected chi connectivity index (χ2v) is 2.94. The molecule has 0 saturated carbocycles. The highest BCUT2D eigenvalue weighted by Gasteiger charge is 2.45. The molecule has 5 N–H and O–H groups in total. The van der Waals surface area contributed by atoms with Gasteiger partial charge in [-0.3, -0.25) is 4.79 Å². The summed E-state index contributed by atoms with van der Waals surface area (Å²) in [5.74, 6) is -1.89. The summed E-state index contributed by atoms with van der Waals surface area (Å²) in [6.07, 6.45) is 0. The zero-order valence-corrected chi connectivity index (χ0v) is 8.32. The Morgan fingerprint density at radius 1 is 1.57 bits per heavy atom. The molecule has 2 unspecified atom stereocenters. The van der Waals surface area contributed by atoms with Crippen LogP contribution >= 0.6 is 0 Å². The maximum Gasteiger partial charge on any atom is 0.347 e. The number of carbonyl (C=O) groups is 2. The van der Waals surface area contributed by atoms with Crippen molar-refractivity contribution in [2.24, 2.45) is 11.5 Å². The number of rotatable bonds is 5. The standard InChI is InChI=1S/C8H16N2O4/c1-3-14-7(12)8(13,4-9)6(11)5(2)10/h5,13H,3-4,9-10H2,1-2H3. The van der Waals surface area contributed by atoms with Crippen molar-refractivity contribution >= 4 is 11.8 Å². The maximum atomic E-state index is 11.4. The first-order valence-electron chi connectivity index (χ1n) is 4.29. The van der Waals surface area contributed by atoms with Crippen molar-refractivity contribution in [3.63, 3.8) is 0 Å². The fourth-order valence-corrected chi connectivity index (χ4v) is 0.912. The monoisotopic (exact) mass is 204 g/mol. The molecule has 14 heavy (non-hydrogen) atoms. The minimum Gasteiger partial charge on any atom is -0.463 e. The van der Waals surface area contributed by atoms with Gasteiger partial charge in [0.05, 0.1) is 12.6 Å². The Kier molecular flexibility index (Phi) is 4.69. The van der Waals surface area contributed by atoms with Crippen LogP contribution in [-0.2, 0) is 14.3 Å². The lowest BCUT2D eigenvalue weighted by molar-refractivity contribution is -0.169. The average Bonchev–Trinajstić information content (AvgIpc) is 2.15. The summed E-state index contributed by atoms with van der Waals surface area (Å²) in [5.41, 5.74) is 8.09. The predicted molar refractivity (Wildman–Crippen MR) is 49.3 cm³/mol. The van der Waals surface area contributed by atoms with Crippen molar-refractivity contribution in [3.8, 4) is 0 Å². The number of Topliss-reactive ketones (excluding diaryl/α,β-unsaturated/α-hetero) is 1. The van der Waals surface area contributed by atoms with Gasteiger partial charge in [-0.2, -0.15) is 0 Å². The molecule has 0 aromatic rings. The van der Waals surface area contributed by atoms with Crippen LogP contribution in [0, 0.1) is 0 Å². The third-order valence-corrected chi connectivity index (χ3v) is 1.73. The summed E-state index contributed by atoms with van der Waals surface area (Å²) in [6.45, 7) is 2.45. The minimum absolute atomic E-state index is 0.0629. The molecular formula is C8H16N2O4. The van der Waals surface area contributed by atoms with Gasteiger partial charge in [-0.15, -0.1) is 0 Å². The zero-order valence-electron chi connectivity index (χ0n) is 8.32. The van der Waals surface area contributed by atoms with Crippen LogP contribution in [0.2, 0.25) is 0 Å². The first-order valence-corrected chi connectivity index (χ1v) is 4.29. The first kappa shape index (κ1) is 13.0. The van der Waals surface area contributed by atoms with Crippen LogP contribution in [-0.4, -0.2) is 41.7 Å². The van der Waals surface area contributed by atoms with Gasteiger partial charge in [0.1, 0.15) is 0 Å². The highest BCUT2D eigenvalue weighted by Crippen LogP contribution is 2.09. The molecule has 0 aliphatic carbocycles. The number of esters is 1. The van der Waals surface area contributed by atoms with Gasteiger partial charge < -0.3 is 21.3 Å². The van der Waals surface area contributed by atoms with Gasteiger partial charge in [0.2, 0.25) is 5.60 Å². The van der Waals surface area contributed by atoms with E-state index in [-0.39, 0.29) is 6.61 Å². The van der Waals surface area contributed by atoms with Crippen LogP contribution in [0.3, 0.4) is 0 Å². The number of ketones is 1. The summed E-state index contributed by atoms with van der Waals surface area (Å²) in [6, 6.07) is -0.965. The Bertz CT molecular complexity index is 229. The molecule has 0 bridgehead atoms. The van der Waals surface area contributed by atoms with Crippen LogP contribution in [0.15, 0.2) is 0 Å². The number of carbonyl (C=O) groups excluding carboxylic acids is 2. The van der Waals surface area contributed by atoms with E-state index in [9.17, 15) is 14.7 Å². The second kappa shape index (κ2) is 5.04. The summed E-state index contributed by atoms with van der Waals surface area (Å²) >= 11 is 0. The highest BCUT2D eigenvalue weighted by atomic mass is 16.5. The fourth-order valence-electron chi connectivity index (χ4n) is 0.912. The van der Waals surface area contributed by atoms with Gasteiger partial charge in [-0.05, 0) is 13.8 Å². The largest absolute Gasteiger partial charge is 0.463 e. The second-order valence-electron chi connectivity index (χ2n) is 2.94. The number of nitrogens with two attached hydrogens (primary N) is 2. The highest BCUT2D eigenvalue weighted by molar-refractivity contribution is 6.09. The van der Waals surface area contributed by atoms with Crippen LogP contribution < -0.4 is 11.5 Å². The normalized spacial score (nSPS) is 16.9. The molecule has 0 spiro atoms. The number of hydrogen-bond donors (Lipinski definition) is 3. The third kappa shape index (κ3) is 2.50. The van der Waals surface area contributed by atoms with E-state index in [1.807, 2.05) is 0 Å². The molecule has 0 aliphatic rings. The molecule has 0 rings (SSSR count). The molecule has 0 aromatic carbocycles. The molecule has 0 radical (unpaired) electrons. The van der Waals surface area contributed by atoms with E-state index in [4.69, 9.17) is 11.5 Å². The molecule has 2 atom stereocenters. The molecule has 6 nitrogen and oxygen atoms in total. The Labute approximate surface area is 82.2 Å². The smallest absolute Gasteiger partial charge is 0.347 e. The van der Waals surface area contributed by atoms with Gasteiger partial charge in [0, 0.05) is 6.54 Å². The van der Waals surface area contributed by atoms with E-state index < -0.39 is 29.9 Å². The van der Waals surface area contributed by atoms with Gasteiger partial charge in [0.25, 0.3) is 0 Å². The lowest BCUT2D eigenvalue weighted by atomic mass is 9.94. The van der Waals surface area contributed by atoms with E-state index >= 15 is 0 Å². The third-order valence-electron chi connectivity index (χ3n) is 1.73. The van der Waals surface area contributed by atoms with Crippen LogP contribution in [0.25, 0.3) is 0 Å². The molecule has 0 heterocycles. The summed E-state index contributed by atoms with van der Waals surface area (Å²) in [7, 11) is 0. The van der Waals surface area contributed by atoms with Crippen LogP contribution in [0.4, 0.5) is 0 Å². The summed E-state index contributed by atoms with van der Waals surface area (Å²) in [5, 5.41) is 9.63. The van der Waals surface area contributed by atoms with E-state index in [1.165, 1.54) is 6.92 Å². The topological polar surface area (TPSA) is 116 Å². The number of hydrogen-bond acceptors (Lipinski definition) is 6. The van der Waals surface area contributed by atoms with E-state index in [1.54, 1.807) is 6.92 Å². The van der Waals surface area contributed by atoms with Gasteiger partial charge in [0.15, 0.2) is 5.78 Å². The molecule has 0 aliphatic heterocycles. The number of aliphatic hydroxyl groups is 1. The molecule has 0 aromatic heterocycles. The van der Waals surface area contributed by atoms with Crippen LogP contribution in [0.1, 0.15) is 13.8 Å². The quantitative estimate of drug-likeness (QED) is 0.358. The molecule has 0 saturated heterocycles. The van der Waals surface area contributed by atoms with Crippen molar-refractivity contribution in [1.82, 2.24) is 0 Å². The average molecular weight is 204 g/mol. The van der Waals surface area contributed by atoms with E-state index in [2.05, 4.69) is 4.74 Å². The van der Waals surface area contributed by atoms with Gasteiger partial charge in [-0.25, -0.2) is 4.79 Å².